The van der Waals surface area contributed by atoms with Gasteiger partial charge in [0.1, 0.15) is 5.02 Å². The molecule has 0 radical (unpaired) electrons. The summed E-state index contributed by atoms with van der Waals surface area (Å²) in [5.74, 6) is 0.0432. The number of fused-ring (bicyclic) bond motifs is 1. The molecular formula is C21H20ClN3O3. The van der Waals surface area contributed by atoms with Crippen LogP contribution in [0.1, 0.15) is 38.3 Å². The van der Waals surface area contributed by atoms with Gasteiger partial charge in [0, 0.05) is 23.8 Å². The van der Waals surface area contributed by atoms with Crippen molar-refractivity contribution in [2.24, 2.45) is 5.41 Å². The van der Waals surface area contributed by atoms with Crippen LogP contribution in [0, 0.1) is 15.5 Å². The SMILES string of the molecule is CC1(C)CC(=O)C2=C(C1)Nc1ccccc1NC2c1ccc(Cl)c([N+](=O)[O-])c1. The third kappa shape index (κ3) is 3.24. The van der Waals surface area contributed by atoms with Gasteiger partial charge in [-0.05, 0) is 35.6 Å². The fourth-order valence-corrected chi connectivity index (χ4v) is 4.18. The Hall–Kier alpha value is -2.86. The fraction of sp³-hybridized carbons (Fsp3) is 0.286. The largest absolute Gasteiger partial charge is 0.372 e. The summed E-state index contributed by atoms with van der Waals surface area (Å²) >= 11 is 5.99. The van der Waals surface area contributed by atoms with Crippen LogP contribution >= 0.6 is 11.6 Å². The van der Waals surface area contributed by atoms with Crippen molar-refractivity contribution in [2.45, 2.75) is 32.7 Å². The van der Waals surface area contributed by atoms with Crippen molar-refractivity contribution in [3.05, 3.63) is 74.4 Å². The molecule has 4 rings (SSSR count). The number of allylic oxidation sites excluding steroid dienone is 1. The molecule has 1 heterocycles. The molecule has 28 heavy (non-hydrogen) atoms. The highest BCUT2D eigenvalue weighted by Crippen LogP contribution is 2.46. The Morgan fingerprint density at radius 3 is 2.57 bits per heavy atom. The van der Waals surface area contributed by atoms with Crippen molar-refractivity contribution in [1.82, 2.24) is 0 Å². The van der Waals surface area contributed by atoms with Crippen molar-refractivity contribution < 1.29 is 9.72 Å². The molecule has 0 saturated heterocycles. The molecule has 2 aliphatic rings. The summed E-state index contributed by atoms with van der Waals surface area (Å²) in [7, 11) is 0. The number of nitro groups is 1. The Labute approximate surface area is 167 Å². The number of nitrogens with zero attached hydrogens (tertiary/aromatic N) is 1. The summed E-state index contributed by atoms with van der Waals surface area (Å²) in [5.41, 5.74) is 3.52. The summed E-state index contributed by atoms with van der Waals surface area (Å²) in [6.07, 6.45) is 1.15. The lowest BCUT2D eigenvalue weighted by molar-refractivity contribution is -0.384. The Morgan fingerprint density at radius 1 is 1.14 bits per heavy atom. The van der Waals surface area contributed by atoms with E-state index in [9.17, 15) is 14.9 Å². The van der Waals surface area contributed by atoms with E-state index in [1.165, 1.54) is 12.1 Å². The average Bonchev–Trinajstić information content (AvgIpc) is 2.77. The topological polar surface area (TPSA) is 84.3 Å². The third-order valence-corrected chi connectivity index (χ3v) is 5.54. The maximum absolute atomic E-state index is 13.1. The Morgan fingerprint density at radius 2 is 1.86 bits per heavy atom. The van der Waals surface area contributed by atoms with Crippen LogP contribution in [0.2, 0.25) is 5.02 Å². The van der Waals surface area contributed by atoms with Crippen molar-refractivity contribution >= 4 is 34.4 Å². The maximum Gasteiger partial charge on any atom is 0.288 e. The Kier molecular flexibility index (Phi) is 4.38. The van der Waals surface area contributed by atoms with Gasteiger partial charge in [-0.15, -0.1) is 0 Å². The number of carbonyl (C=O) groups excluding carboxylic acids is 1. The zero-order chi connectivity index (χ0) is 20.1. The zero-order valence-electron chi connectivity index (χ0n) is 15.6. The minimum Gasteiger partial charge on any atom is -0.372 e. The van der Waals surface area contributed by atoms with Gasteiger partial charge in [0.15, 0.2) is 5.78 Å². The quantitative estimate of drug-likeness (QED) is 0.518. The van der Waals surface area contributed by atoms with Gasteiger partial charge in [-0.1, -0.05) is 43.6 Å². The van der Waals surface area contributed by atoms with Crippen LogP contribution in [0.15, 0.2) is 53.7 Å². The number of rotatable bonds is 2. The second-order valence-electron chi connectivity index (χ2n) is 8.05. The monoisotopic (exact) mass is 397 g/mol. The zero-order valence-corrected chi connectivity index (χ0v) is 16.3. The van der Waals surface area contributed by atoms with E-state index < -0.39 is 11.0 Å². The van der Waals surface area contributed by atoms with Gasteiger partial charge in [0.05, 0.1) is 22.3 Å². The van der Waals surface area contributed by atoms with Crippen LogP contribution in [-0.2, 0) is 4.79 Å². The van der Waals surface area contributed by atoms with Crippen molar-refractivity contribution in [1.29, 1.82) is 0 Å². The molecule has 0 fully saturated rings. The molecule has 1 atom stereocenters. The fourth-order valence-electron chi connectivity index (χ4n) is 3.99. The lowest BCUT2D eigenvalue weighted by Gasteiger charge is -2.34. The summed E-state index contributed by atoms with van der Waals surface area (Å²) in [6.45, 7) is 4.14. The molecule has 1 unspecified atom stereocenters. The highest BCUT2D eigenvalue weighted by Gasteiger charge is 2.39. The molecule has 0 spiro atoms. The molecule has 0 saturated carbocycles. The highest BCUT2D eigenvalue weighted by atomic mass is 35.5. The van der Waals surface area contributed by atoms with Gasteiger partial charge in [-0.3, -0.25) is 14.9 Å². The van der Waals surface area contributed by atoms with E-state index in [1.54, 1.807) is 6.07 Å². The summed E-state index contributed by atoms with van der Waals surface area (Å²) in [6, 6.07) is 11.9. The van der Waals surface area contributed by atoms with Gasteiger partial charge in [-0.25, -0.2) is 0 Å². The number of ketones is 1. The van der Waals surface area contributed by atoms with Gasteiger partial charge >= 0.3 is 0 Å². The highest BCUT2D eigenvalue weighted by molar-refractivity contribution is 6.32. The van der Waals surface area contributed by atoms with Crippen molar-refractivity contribution in [2.75, 3.05) is 10.6 Å². The number of benzene rings is 2. The number of hydrogen-bond acceptors (Lipinski definition) is 5. The van der Waals surface area contributed by atoms with E-state index in [2.05, 4.69) is 24.5 Å². The van der Waals surface area contributed by atoms with Crippen LogP contribution in [0.3, 0.4) is 0 Å². The molecule has 1 aliphatic heterocycles. The Balaban J connectivity index is 1.90. The van der Waals surface area contributed by atoms with Crippen LogP contribution in [0.4, 0.5) is 17.1 Å². The molecule has 144 valence electrons. The van der Waals surface area contributed by atoms with Crippen LogP contribution in [0.25, 0.3) is 0 Å². The molecule has 2 aromatic rings. The summed E-state index contributed by atoms with van der Waals surface area (Å²) < 4.78 is 0. The summed E-state index contributed by atoms with van der Waals surface area (Å²) in [5, 5.41) is 18.3. The normalized spacial score (nSPS) is 20.4. The number of nitro benzene ring substituents is 1. The molecular weight excluding hydrogens is 378 g/mol. The van der Waals surface area contributed by atoms with E-state index in [0.717, 1.165) is 23.5 Å². The minimum absolute atomic E-state index is 0.0432. The van der Waals surface area contributed by atoms with Crippen molar-refractivity contribution in [3.63, 3.8) is 0 Å². The van der Waals surface area contributed by atoms with Crippen molar-refractivity contribution in [3.8, 4) is 0 Å². The first-order valence-corrected chi connectivity index (χ1v) is 9.46. The first kappa shape index (κ1) is 18.5. The number of anilines is 2. The molecule has 0 aromatic heterocycles. The van der Waals surface area contributed by atoms with E-state index >= 15 is 0 Å². The standard InChI is InChI=1S/C21H20ClN3O3/c1-21(2)10-16-19(18(26)11-21)20(24-15-6-4-3-5-14(15)23-16)12-7-8-13(22)17(9-12)25(27)28/h3-9,20,23-24H,10-11H2,1-2H3. The van der Waals surface area contributed by atoms with E-state index in [4.69, 9.17) is 11.6 Å². The first-order chi connectivity index (χ1) is 13.2. The number of carbonyl (C=O) groups is 1. The molecule has 2 N–H and O–H groups in total. The molecule has 6 nitrogen and oxygen atoms in total. The van der Waals surface area contributed by atoms with Gasteiger partial charge in [-0.2, -0.15) is 0 Å². The first-order valence-electron chi connectivity index (χ1n) is 9.08. The molecule has 0 amide bonds. The lowest BCUT2D eigenvalue weighted by atomic mass is 9.73. The van der Waals surface area contributed by atoms with Crippen LogP contribution in [-0.4, -0.2) is 10.7 Å². The average molecular weight is 398 g/mol. The molecule has 0 bridgehead atoms. The second-order valence-corrected chi connectivity index (χ2v) is 8.46. The van der Waals surface area contributed by atoms with Gasteiger partial charge in [0.2, 0.25) is 0 Å². The predicted octanol–water partition coefficient (Wildman–Crippen LogP) is 5.47. The van der Waals surface area contributed by atoms with E-state index in [-0.39, 0.29) is 21.9 Å². The number of hydrogen-bond donors (Lipinski definition) is 2. The number of Topliss-reactive ketones (excluding diaryl/α,β-unsaturated/α-hetero) is 1. The molecule has 2 aromatic carbocycles. The minimum atomic E-state index is -0.504. The van der Waals surface area contributed by atoms with Crippen LogP contribution in [0.5, 0.6) is 0 Å². The van der Waals surface area contributed by atoms with E-state index in [1.807, 2.05) is 24.3 Å². The number of nitrogens with one attached hydrogen (secondary N) is 2. The Bertz CT molecular complexity index is 1030. The van der Waals surface area contributed by atoms with Gasteiger partial charge in [0.25, 0.3) is 5.69 Å². The second kappa shape index (κ2) is 6.63. The van der Waals surface area contributed by atoms with E-state index in [0.29, 0.717) is 17.6 Å². The number of para-hydroxylation sites is 2. The third-order valence-electron chi connectivity index (χ3n) is 5.22. The van der Waals surface area contributed by atoms with Crippen LogP contribution < -0.4 is 10.6 Å². The smallest absolute Gasteiger partial charge is 0.288 e. The number of halogens is 1. The molecule has 1 aliphatic carbocycles. The molecule has 7 heteroatoms. The summed E-state index contributed by atoms with van der Waals surface area (Å²) in [4.78, 5) is 24.0. The lowest BCUT2D eigenvalue weighted by Crippen LogP contribution is -2.31. The predicted molar refractivity (Wildman–Crippen MR) is 110 cm³/mol. The maximum atomic E-state index is 13.1. The van der Waals surface area contributed by atoms with Gasteiger partial charge < -0.3 is 10.6 Å².